The number of benzene rings is 1. The Hall–Kier alpha value is -3.14. The fourth-order valence-electron chi connectivity index (χ4n) is 4.18. The van der Waals surface area contributed by atoms with Gasteiger partial charge < -0.3 is 9.32 Å². The van der Waals surface area contributed by atoms with Crippen molar-refractivity contribution in [1.82, 2.24) is 14.3 Å². The highest BCUT2D eigenvalue weighted by molar-refractivity contribution is 9.10. The highest BCUT2D eigenvalue weighted by atomic mass is 79.9. The summed E-state index contributed by atoms with van der Waals surface area (Å²) in [5, 5.41) is 0. The lowest BCUT2D eigenvalue weighted by Gasteiger charge is -2.15. The summed E-state index contributed by atoms with van der Waals surface area (Å²) in [6, 6.07) is 8.75. The van der Waals surface area contributed by atoms with E-state index in [0.717, 1.165) is 11.6 Å². The number of aromatic nitrogens is 2. The lowest BCUT2D eigenvalue weighted by molar-refractivity contribution is -0.136. The Kier molecular flexibility index (Phi) is 5.27. The average Bonchev–Trinajstić information content (AvgIpc) is 3.53. The van der Waals surface area contributed by atoms with E-state index in [1.807, 2.05) is 0 Å². The van der Waals surface area contributed by atoms with Gasteiger partial charge in [-0.15, -0.1) is 0 Å². The second kappa shape index (κ2) is 8.02. The molecule has 0 spiro atoms. The number of hydrogen-bond acceptors (Lipinski definition) is 3. The van der Waals surface area contributed by atoms with Crippen molar-refractivity contribution in [3.05, 3.63) is 82.4 Å². The minimum atomic E-state index is -4.68. The molecule has 10 heteroatoms. The number of carbonyl (C=O) groups excluding carboxylic acids is 1. The number of alkyl halides is 3. The van der Waals surface area contributed by atoms with E-state index in [9.17, 15) is 22.4 Å². The van der Waals surface area contributed by atoms with E-state index in [1.54, 1.807) is 18.2 Å². The van der Waals surface area contributed by atoms with Gasteiger partial charge in [0.15, 0.2) is 11.3 Å². The second-order valence-electron chi connectivity index (χ2n) is 7.89. The van der Waals surface area contributed by atoms with Crippen LogP contribution in [-0.2, 0) is 6.18 Å². The molecule has 1 aliphatic rings. The molecule has 1 amide bonds. The van der Waals surface area contributed by atoms with Crippen LogP contribution in [0.5, 0.6) is 0 Å². The number of halogens is 5. The number of carbonyl (C=O) groups is 1. The topological polar surface area (TPSA) is 50.8 Å². The predicted octanol–water partition coefficient (Wildman–Crippen LogP) is 6.14. The van der Waals surface area contributed by atoms with Crippen molar-refractivity contribution < 1.29 is 26.8 Å². The molecule has 1 fully saturated rings. The zero-order valence-electron chi connectivity index (χ0n) is 16.9. The zero-order valence-corrected chi connectivity index (χ0v) is 18.5. The molecule has 1 saturated heterocycles. The van der Waals surface area contributed by atoms with Crippen LogP contribution >= 0.6 is 15.9 Å². The van der Waals surface area contributed by atoms with E-state index in [4.69, 9.17) is 4.42 Å². The summed E-state index contributed by atoms with van der Waals surface area (Å²) in [7, 11) is 0. The molecule has 1 aromatic carbocycles. The molecular formula is C23H16BrF4N3O2. The van der Waals surface area contributed by atoms with E-state index in [0.29, 0.717) is 25.1 Å². The van der Waals surface area contributed by atoms with Gasteiger partial charge in [-0.2, -0.15) is 13.2 Å². The normalized spacial score (nSPS) is 16.6. The first-order valence-corrected chi connectivity index (χ1v) is 10.9. The highest BCUT2D eigenvalue weighted by Crippen LogP contribution is 2.38. The van der Waals surface area contributed by atoms with Crippen molar-refractivity contribution in [3.63, 3.8) is 0 Å². The SMILES string of the molecule is O=C(c1nc2c(C(F)(F)F)cc(-c3ccoc3)cn2c1Br)N1CCC(c2cccc(F)c2)C1. The number of furan rings is 1. The summed E-state index contributed by atoms with van der Waals surface area (Å²) in [5.74, 6) is -0.894. The Morgan fingerprint density at radius 3 is 2.70 bits per heavy atom. The molecule has 3 aromatic heterocycles. The fourth-order valence-corrected chi connectivity index (χ4v) is 4.70. The molecule has 4 aromatic rings. The zero-order chi connectivity index (χ0) is 23.3. The predicted molar refractivity (Wildman–Crippen MR) is 115 cm³/mol. The minimum absolute atomic E-state index is 0.0566. The van der Waals surface area contributed by atoms with E-state index in [1.165, 1.54) is 40.2 Å². The molecule has 0 saturated carbocycles. The van der Waals surface area contributed by atoms with Gasteiger partial charge in [0.1, 0.15) is 10.4 Å². The summed E-state index contributed by atoms with van der Waals surface area (Å²) in [6.45, 7) is 0.724. The van der Waals surface area contributed by atoms with Gasteiger partial charge in [0.25, 0.3) is 5.91 Å². The first kappa shape index (κ1) is 21.7. The van der Waals surface area contributed by atoms with Gasteiger partial charge in [-0.25, -0.2) is 9.37 Å². The molecule has 1 atom stereocenters. The number of pyridine rings is 1. The summed E-state index contributed by atoms with van der Waals surface area (Å²) in [4.78, 5) is 18.8. The van der Waals surface area contributed by atoms with E-state index in [-0.39, 0.29) is 33.2 Å². The molecule has 1 aliphatic heterocycles. The van der Waals surface area contributed by atoms with Crippen LogP contribution in [0.1, 0.15) is 34.0 Å². The van der Waals surface area contributed by atoms with Crippen LogP contribution in [0.3, 0.4) is 0 Å². The van der Waals surface area contributed by atoms with Crippen molar-refractivity contribution in [2.45, 2.75) is 18.5 Å². The quantitative estimate of drug-likeness (QED) is 0.304. The van der Waals surface area contributed by atoms with Crippen LogP contribution in [0.25, 0.3) is 16.8 Å². The van der Waals surface area contributed by atoms with E-state index < -0.39 is 17.6 Å². The second-order valence-corrected chi connectivity index (χ2v) is 8.64. The van der Waals surface area contributed by atoms with E-state index >= 15 is 0 Å². The minimum Gasteiger partial charge on any atom is -0.472 e. The third-order valence-corrected chi connectivity index (χ3v) is 6.58. The summed E-state index contributed by atoms with van der Waals surface area (Å²) >= 11 is 3.28. The maximum Gasteiger partial charge on any atom is 0.420 e. The van der Waals surface area contributed by atoms with Gasteiger partial charge in [-0.3, -0.25) is 9.20 Å². The first-order chi connectivity index (χ1) is 15.7. The third-order valence-electron chi connectivity index (χ3n) is 5.82. The number of likely N-dealkylation sites (tertiary alicyclic amines) is 1. The number of amides is 1. The fraction of sp³-hybridized carbons (Fsp3) is 0.217. The van der Waals surface area contributed by atoms with Crippen LogP contribution in [-0.4, -0.2) is 33.3 Å². The Labute approximate surface area is 193 Å². The third kappa shape index (κ3) is 3.92. The molecule has 5 nitrogen and oxygen atoms in total. The number of nitrogens with zero attached hydrogens (tertiary/aromatic N) is 3. The van der Waals surface area contributed by atoms with Crippen molar-refractivity contribution in [3.8, 4) is 11.1 Å². The first-order valence-electron chi connectivity index (χ1n) is 10.1. The lowest BCUT2D eigenvalue weighted by atomic mass is 9.98. The molecule has 4 heterocycles. The molecule has 0 aliphatic carbocycles. The summed E-state index contributed by atoms with van der Waals surface area (Å²) in [5.41, 5.74) is 0.0837. The van der Waals surface area contributed by atoms with Crippen molar-refractivity contribution >= 4 is 27.5 Å². The van der Waals surface area contributed by atoms with Gasteiger partial charge in [-0.05, 0) is 52.2 Å². The molecule has 0 bridgehead atoms. The van der Waals surface area contributed by atoms with Crippen LogP contribution in [0.4, 0.5) is 17.6 Å². The molecule has 170 valence electrons. The number of hydrogen-bond donors (Lipinski definition) is 0. The molecule has 5 rings (SSSR count). The van der Waals surface area contributed by atoms with Crippen molar-refractivity contribution in [1.29, 1.82) is 0 Å². The summed E-state index contributed by atoms with van der Waals surface area (Å²) in [6.07, 6.45) is 0.131. The monoisotopic (exact) mass is 521 g/mol. The standard InChI is InChI=1S/C23H16BrF4N3O2/c24-20-19(22(32)30-6-4-14(10-30)13-2-1-3-17(25)8-13)29-21-18(23(26,27)28)9-16(11-31(20)21)15-5-7-33-12-15/h1-3,5,7-9,11-12,14H,4,6,10H2. The van der Waals surface area contributed by atoms with Crippen LogP contribution in [0.15, 0.2) is 64.1 Å². The van der Waals surface area contributed by atoms with E-state index in [2.05, 4.69) is 20.9 Å². The van der Waals surface area contributed by atoms with Crippen LogP contribution in [0, 0.1) is 5.82 Å². The smallest absolute Gasteiger partial charge is 0.420 e. The Balaban J connectivity index is 1.52. The Morgan fingerprint density at radius 2 is 2.00 bits per heavy atom. The number of rotatable bonds is 3. The van der Waals surface area contributed by atoms with Crippen molar-refractivity contribution in [2.75, 3.05) is 13.1 Å². The molecule has 1 unspecified atom stereocenters. The van der Waals surface area contributed by atoms with Crippen LogP contribution in [0.2, 0.25) is 0 Å². The Bertz CT molecular complexity index is 1350. The van der Waals surface area contributed by atoms with Gasteiger partial charge in [-0.1, -0.05) is 12.1 Å². The maximum absolute atomic E-state index is 13.8. The number of imidazole rings is 1. The molecule has 33 heavy (non-hydrogen) atoms. The highest BCUT2D eigenvalue weighted by Gasteiger charge is 2.37. The summed E-state index contributed by atoms with van der Waals surface area (Å²) < 4.78 is 61.4. The van der Waals surface area contributed by atoms with Gasteiger partial charge in [0.05, 0.1) is 18.1 Å². The molecule has 0 radical (unpaired) electrons. The Morgan fingerprint density at radius 1 is 1.18 bits per heavy atom. The van der Waals surface area contributed by atoms with Gasteiger partial charge >= 0.3 is 6.18 Å². The van der Waals surface area contributed by atoms with Crippen LogP contribution < -0.4 is 0 Å². The lowest BCUT2D eigenvalue weighted by Crippen LogP contribution is -2.29. The largest absolute Gasteiger partial charge is 0.472 e. The average molecular weight is 522 g/mol. The van der Waals surface area contributed by atoms with Gasteiger partial charge in [0.2, 0.25) is 0 Å². The maximum atomic E-state index is 13.8. The molecule has 0 N–H and O–H groups in total. The molecular weight excluding hydrogens is 506 g/mol. The number of fused-ring (bicyclic) bond motifs is 1. The van der Waals surface area contributed by atoms with Crippen molar-refractivity contribution in [2.24, 2.45) is 0 Å². The van der Waals surface area contributed by atoms with Gasteiger partial charge in [0, 0.05) is 36.3 Å².